The van der Waals surface area contributed by atoms with Gasteiger partial charge in [-0.05, 0) is 31.1 Å². The SMILES string of the molecule is CCCCCCCCCCCCCCCCCCCC(C)(C)C(C)(C)C(C)(C)C(=O)OC. The number of methoxy groups -OCH3 is 1. The molecule has 0 heterocycles. The third-order valence-corrected chi connectivity index (χ3v) is 8.86. The van der Waals surface area contributed by atoms with Gasteiger partial charge in [-0.1, -0.05) is 144 Å². The first-order chi connectivity index (χ1) is 15.0. The number of ether oxygens (including phenoxy) is 1. The molecule has 0 saturated carbocycles. The van der Waals surface area contributed by atoms with Crippen LogP contribution in [0.1, 0.15) is 164 Å². The minimum Gasteiger partial charge on any atom is -0.469 e. The van der Waals surface area contributed by atoms with Crippen molar-refractivity contribution in [2.45, 2.75) is 164 Å². The van der Waals surface area contributed by atoms with Crippen LogP contribution in [0.5, 0.6) is 0 Å². The number of carbonyl (C=O) groups is 1. The highest BCUT2D eigenvalue weighted by Crippen LogP contribution is 2.54. The van der Waals surface area contributed by atoms with Gasteiger partial charge in [0, 0.05) is 0 Å². The lowest BCUT2D eigenvalue weighted by molar-refractivity contribution is -0.164. The van der Waals surface area contributed by atoms with Crippen LogP contribution in [0.25, 0.3) is 0 Å². The molecule has 192 valence electrons. The molecule has 0 bridgehead atoms. The maximum absolute atomic E-state index is 12.3. The summed E-state index contributed by atoms with van der Waals surface area (Å²) in [4.78, 5) is 12.3. The summed E-state index contributed by atoms with van der Waals surface area (Å²) in [5.74, 6) is -0.0991. The molecule has 0 amide bonds. The molecular formula is C30H60O2. The number of rotatable bonds is 21. The lowest BCUT2D eigenvalue weighted by Gasteiger charge is -2.50. The van der Waals surface area contributed by atoms with E-state index in [0.717, 1.165) is 0 Å². The van der Waals surface area contributed by atoms with Gasteiger partial charge in [0.2, 0.25) is 0 Å². The molecule has 0 aliphatic rings. The molecule has 0 spiro atoms. The Balaban J connectivity index is 3.72. The summed E-state index contributed by atoms with van der Waals surface area (Å²) in [5, 5.41) is 0. The summed E-state index contributed by atoms with van der Waals surface area (Å²) in [5.41, 5.74) is -0.512. The molecule has 0 aromatic carbocycles. The largest absolute Gasteiger partial charge is 0.469 e. The molecule has 0 aromatic heterocycles. The van der Waals surface area contributed by atoms with Gasteiger partial charge in [0.1, 0.15) is 0 Å². The van der Waals surface area contributed by atoms with E-state index in [-0.39, 0.29) is 16.8 Å². The van der Waals surface area contributed by atoms with Gasteiger partial charge in [-0.3, -0.25) is 4.79 Å². The highest BCUT2D eigenvalue weighted by molar-refractivity contribution is 5.77. The van der Waals surface area contributed by atoms with Crippen molar-refractivity contribution in [2.24, 2.45) is 16.2 Å². The number of unbranched alkanes of at least 4 members (excludes halogenated alkanes) is 16. The predicted molar refractivity (Wildman–Crippen MR) is 142 cm³/mol. The van der Waals surface area contributed by atoms with Crippen LogP contribution in [-0.4, -0.2) is 13.1 Å². The zero-order valence-electron chi connectivity index (χ0n) is 23.5. The normalized spacial score (nSPS) is 12.9. The minimum atomic E-state index is -0.486. The van der Waals surface area contributed by atoms with E-state index in [1.54, 1.807) is 0 Å². The molecule has 0 N–H and O–H groups in total. The van der Waals surface area contributed by atoms with Gasteiger partial charge in [0.15, 0.2) is 0 Å². The molecular weight excluding hydrogens is 392 g/mol. The van der Waals surface area contributed by atoms with E-state index in [4.69, 9.17) is 4.74 Å². The van der Waals surface area contributed by atoms with Crippen molar-refractivity contribution in [1.82, 2.24) is 0 Å². The van der Waals surface area contributed by atoms with Crippen molar-refractivity contribution in [3.63, 3.8) is 0 Å². The van der Waals surface area contributed by atoms with Crippen LogP contribution in [0.15, 0.2) is 0 Å². The standard InChI is InChI=1S/C30H60O2/c1-9-10-11-12-13-14-15-16-17-18-19-20-21-22-23-24-25-26-28(2,3)30(6,7)29(4,5)27(31)32-8/h9-26H2,1-8H3. The van der Waals surface area contributed by atoms with Crippen molar-refractivity contribution < 1.29 is 9.53 Å². The quantitative estimate of drug-likeness (QED) is 0.128. The molecule has 32 heavy (non-hydrogen) atoms. The van der Waals surface area contributed by atoms with E-state index in [2.05, 4.69) is 34.6 Å². The van der Waals surface area contributed by atoms with Crippen molar-refractivity contribution in [3.05, 3.63) is 0 Å². The van der Waals surface area contributed by atoms with Gasteiger partial charge >= 0.3 is 5.97 Å². The molecule has 0 fully saturated rings. The number of hydrogen-bond donors (Lipinski definition) is 0. The number of esters is 1. The summed E-state index contributed by atoms with van der Waals surface area (Å²) in [6.45, 7) is 15.5. The van der Waals surface area contributed by atoms with Crippen LogP contribution in [-0.2, 0) is 9.53 Å². The maximum Gasteiger partial charge on any atom is 0.311 e. The van der Waals surface area contributed by atoms with Crippen molar-refractivity contribution in [2.75, 3.05) is 7.11 Å². The van der Waals surface area contributed by atoms with Gasteiger partial charge < -0.3 is 4.74 Å². The monoisotopic (exact) mass is 452 g/mol. The summed E-state index contributed by atoms with van der Waals surface area (Å²) in [6.07, 6.45) is 25.1. The van der Waals surface area contributed by atoms with Crippen LogP contribution in [0, 0.1) is 16.2 Å². The fraction of sp³-hybridized carbons (Fsp3) is 0.967. The highest BCUT2D eigenvalue weighted by Gasteiger charge is 2.52. The summed E-state index contributed by atoms with van der Waals surface area (Å²) >= 11 is 0. The predicted octanol–water partition coefficient (Wildman–Crippen LogP) is 10.3. The van der Waals surface area contributed by atoms with E-state index in [1.807, 2.05) is 13.8 Å². The molecule has 0 rings (SSSR count). The second-order valence-corrected chi connectivity index (χ2v) is 12.0. The fourth-order valence-corrected chi connectivity index (χ4v) is 4.96. The molecule has 0 radical (unpaired) electrons. The average Bonchev–Trinajstić information content (AvgIpc) is 2.74. The summed E-state index contributed by atoms with van der Waals surface area (Å²) < 4.78 is 5.10. The van der Waals surface area contributed by atoms with Gasteiger partial charge in [0.05, 0.1) is 12.5 Å². The first-order valence-corrected chi connectivity index (χ1v) is 14.1. The smallest absolute Gasteiger partial charge is 0.311 e. The molecule has 0 aliphatic heterocycles. The van der Waals surface area contributed by atoms with Crippen molar-refractivity contribution in [3.8, 4) is 0 Å². The van der Waals surface area contributed by atoms with E-state index < -0.39 is 5.41 Å². The lowest BCUT2D eigenvalue weighted by atomic mass is 9.53. The average molecular weight is 453 g/mol. The third-order valence-electron chi connectivity index (χ3n) is 8.86. The van der Waals surface area contributed by atoms with Gasteiger partial charge in [0.25, 0.3) is 0 Å². The Morgan fingerprint density at radius 3 is 1.19 bits per heavy atom. The van der Waals surface area contributed by atoms with Gasteiger partial charge in [-0.15, -0.1) is 0 Å². The summed E-state index contributed by atoms with van der Waals surface area (Å²) in [6, 6.07) is 0. The van der Waals surface area contributed by atoms with E-state index in [0.29, 0.717) is 0 Å². The molecule has 0 unspecified atom stereocenters. The van der Waals surface area contributed by atoms with Crippen LogP contribution in [0.2, 0.25) is 0 Å². The second-order valence-electron chi connectivity index (χ2n) is 12.0. The topological polar surface area (TPSA) is 26.3 Å². The van der Waals surface area contributed by atoms with Crippen molar-refractivity contribution >= 4 is 5.97 Å². The van der Waals surface area contributed by atoms with E-state index in [9.17, 15) is 4.79 Å². The molecule has 2 nitrogen and oxygen atoms in total. The highest BCUT2D eigenvalue weighted by atomic mass is 16.5. The molecule has 0 aromatic rings. The number of carbonyl (C=O) groups excluding carboxylic acids is 1. The lowest BCUT2D eigenvalue weighted by Crippen LogP contribution is -2.49. The van der Waals surface area contributed by atoms with Crippen molar-refractivity contribution in [1.29, 1.82) is 0 Å². The molecule has 0 atom stereocenters. The molecule has 0 aliphatic carbocycles. The van der Waals surface area contributed by atoms with Gasteiger partial charge in [-0.2, -0.15) is 0 Å². The third kappa shape index (κ3) is 11.6. The van der Waals surface area contributed by atoms with Gasteiger partial charge in [-0.25, -0.2) is 0 Å². The molecule has 2 heteroatoms. The fourth-order valence-electron chi connectivity index (χ4n) is 4.96. The first-order valence-electron chi connectivity index (χ1n) is 14.1. The zero-order valence-corrected chi connectivity index (χ0v) is 23.5. The summed E-state index contributed by atoms with van der Waals surface area (Å²) in [7, 11) is 1.50. The Labute approximate surface area is 203 Å². The van der Waals surface area contributed by atoms with E-state index in [1.165, 1.54) is 123 Å². The van der Waals surface area contributed by atoms with Crippen LogP contribution in [0.3, 0.4) is 0 Å². The van der Waals surface area contributed by atoms with E-state index >= 15 is 0 Å². The maximum atomic E-state index is 12.3. The molecule has 0 saturated heterocycles. The minimum absolute atomic E-state index is 0.0974. The van der Waals surface area contributed by atoms with Crippen LogP contribution >= 0.6 is 0 Å². The first kappa shape index (κ1) is 31.5. The van der Waals surface area contributed by atoms with Crippen LogP contribution in [0.4, 0.5) is 0 Å². The Kier molecular flexibility index (Phi) is 16.7. The Morgan fingerprint density at radius 1 is 0.562 bits per heavy atom. The Hall–Kier alpha value is -0.530. The zero-order chi connectivity index (χ0) is 24.5. The number of hydrogen-bond acceptors (Lipinski definition) is 2. The van der Waals surface area contributed by atoms with Crippen LogP contribution < -0.4 is 0 Å². The Bertz CT molecular complexity index is 461. The Morgan fingerprint density at radius 2 is 0.875 bits per heavy atom. The second kappa shape index (κ2) is 17.0.